The molecule has 0 bridgehead atoms. The zero-order valence-electron chi connectivity index (χ0n) is 17.6. The smallest absolute Gasteiger partial charge is 0.0175 e. The van der Waals surface area contributed by atoms with Crippen molar-refractivity contribution >= 4 is 63.7 Å². The predicted molar refractivity (Wildman–Crippen MR) is 151 cm³/mol. The zero-order valence-corrected chi connectivity index (χ0v) is 23.9. The molecule has 0 N–H and O–H groups in total. The molecule has 0 saturated heterocycles. The lowest BCUT2D eigenvalue weighted by atomic mass is 10.0. The lowest BCUT2D eigenvalue weighted by molar-refractivity contribution is 0.959. The molecule has 0 unspecified atom stereocenters. The second-order valence-corrected chi connectivity index (χ2v) is 11.2. The van der Waals surface area contributed by atoms with E-state index >= 15 is 0 Å². The van der Waals surface area contributed by atoms with Gasteiger partial charge in [-0.25, -0.2) is 0 Å². The van der Waals surface area contributed by atoms with Crippen molar-refractivity contribution in [3.8, 4) is 0 Å². The quantitative estimate of drug-likeness (QED) is 0.190. The molecule has 0 amide bonds. The molecule has 0 saturated carbocycles. The molecule has 0 aliphatic carbocycles. The molecule has 4 aromatic carbocycles. The topological polar surface area (TPSA) is 0 Å². The Morgan fingerprint density at radius 2 is 0.438 bits per heavy atom. The van der Waals surface area contributed by atoms with Crippen molar-refractivity contribution in [2.24, 2.45) is 0 Å². The Morgan fingerprint density at radius 1 is 0.281 bits per heavy atom. The lowest BCUT2D eigenvalue weighted by Gasteiger charge is -2.02. The van der Waals surface area contributed by atoms with Gasteiger partial charge in [-0.15, -0.1) is 0 Å². The number of aryl methyl sites for hydroxylation is 4. The van der Waals surface area contributed by atoms with Gasteiger partial charge in [-0.3, -0.25) is 0 Å². The molecule has 0 aromatic heterocycles. The minimum atomic E-state index is 1.09. The molecule has 4 heteroatoms. The van der Waals surface area contributed by atoms with E-state index in [1.165, 1.54) is 22.3 Å². The van der Waals surface area contributed by atoms with Crippen molar-refractivity contribution in [2.45, 2.75) is 25.7 Å². The highest BCUT2D eigenvalue weighted by molar-refractivity contribution is 9.11. The van der Waals surface area contributed by atoms with Gasteiger partial charge in [-0.1, -0.05) is 112 Å². The Morgan fingerprint density at radius 3 is 0.594 bits per heavy atom. The molecule has 0 radical (unpaired) electrons. The SMILES string of the molecule is Brc1ccc(CCc2ccc(Br)cc2)cc1.Brc1ccc(CCc2ccc(Br)cc2)cc1. The summed E-state index contributed by atoms with van der Waals surface area (Å²) < 4.78 is 4.56. The van der Waals surface area contributed by atoms with Gasteiger partial charge in [0.15, 0.2) is 0 Å². The summed E-state index contributed by atoms with van der Waals surface area (Å²) in [6, 6.07) is 34.1. The minimum Gasteiger partial charge on any atom is -0.0579 e. The first-order chi connectivity index (χ1) is 15.5. The number of hydrogen-bond donors (Lipinski definition) is 0. The third-order valence-corrected chi connectivity index (χ3v) is 7.17. The summed E-state index contributed by atoms with van der Waals surface area (Å²) in [5, 5.41) is 0. The van der Waals surface area contributed by atoms with E-state index in [0.29, 0.717) is 0 Å². The van der Waals surface area contributed by atoms with Gasteiger partial charge in [0.05, 0.1) is 0 Å². The van der Waals surface area contributed by atoms with Crippen LogP contribution in [0.15, 0.2) is 115 Å². The first-order valence-electron chi connectivity index (χ1n) is 10.5. The van der Waals surface area contributed by atoms with Crippen molar-refractivity contribution < 1.29 is 0 Å². The molecular formula is C28H24Br4. The zero-order chi connectivity index (χ0) is 22.8. The van der Waals surface area contributed by atoms with Crippen molar-refractivity contribution in [3.05, 3.63) is 137 Å². The van der Waals surface area contributed by atoms with E-state index in [4.69, 9.17) is 0 Å². The van der Waals surface area contributed by atoms with E-state index in [1.54, 1.807) is 0 Å². The molecule has 0 atom stereocenters. The summed E-state index contributed by atoms with van der Waals surface area (Å²) in [6.45, 7) is 0. The summed E-state index contributed by atoms with van der Waals surface area (Å²) in [6.07, 6.45) is 4.37. The van der Waals surface area contributed by atoms with Gasteiger partial charge in [0, 0.05) is 17.9 Å². The molecule has 4 rings (SSSR count). The van der Waals surface area contributed by atoms with Crippen LogP contribution in [0.1, 0.15) is 22.3 Å². The highest BCUT2D eigenvalue weighted by Gasteiger charge is 1.97. The van der Waals surface area contributed by atoms with Gasteiger partial charge in [0.1, 0.15) is 0 Å². The highest BCUT2D eigenvalue weighted by atomic mass is 79.9. The maximum absolute atomic E-state index is 3.44. The van der Waals surface area contributed by atoms with E-state index in [2.05, 4.69) is 161 Å². The fraction of sp³-hybridized carbons (Fsp3) is 0.143. The number of rotatable bonds is 6. The van der Waals surface area contributed by atoms with Gasteiger partial charge in [0.25, 0.3) is 0 Å². The predicted octanol–water partition coefficient (Wildman–Crippen LogP) is 9.99. The van der Waals surface area contributed by atoms with E-state index < -0.39 is 0 Å². The Hall–Kier alpha value is -1.20. The summed E-state index contributed by atoms with van der Waals surface area (Å²) in [5.41, 5.74) is 5.52. The molecule has 0 fully saturated rings. The van der Waals surface area contributed by atoms with Crippen LogP contribution in [-0.4, -0.2) is 0 Å². The molecule has 0 aliphatic heterocycles. The van der Waals surface area contributed by atoms with Gasteiger partial charge in [-0.2, -0.15) is 0 Å². The third-order valence-electron chi connectivity index (χ3n) is 5.06. The second kappa shape index (κ2) is 13.5. The fourth-order valence-electron chi connectivity index (χ4n) is 3.18. The van der Waals surface area contributed by atoms with Crippen molar-refractivity contribution in [3.63, 3.8) is 0 Å². The molecule has 164 valence electrons. The van der Waals surface area contributed by atoms with Crippen LogP contribution in [-0.2, 0) is 25.7 Å². The van der Waals surface area contributed by atoms with Crippen LogP contribution >= 0.6 is 63.7 Å². The lowest BCUT2D eigenvalue weighted by Crippen LogP contribution is -1.90. The molecule has 0 nitrogen and oxygen atoms in total. The summed E-state index contributed by atoms with van der Waals surface area (Å²) in [7, 11) is 0. The summed E-state index contributed by atoms with van der Waals surface area (Å²) in [4.78, 5) is 0. The second-order valence-electron chi connectivity index (χ2n) is 7.51. The molecule has 4 aromatic rings. The van der Waals surface area contributed by atoms with Crippen LogP contribution in [0.2, 0.25) is 0 Å². The van der Waals surface area contributed by atoms with Crippen molar-refractivity contribution in [1.82, 2.24) is 0 Å². The number of hydrogen-bond acceptors (Lipinski definition) is 0. The van der Waals surface area contributed by atoms with E-state index in [-0.39, 0.29) is 0 Å². The monoisotopic (exact) mass is 676 g/mol. The maximum Gasteiger partial charge on any atom is 0.0175 e. The van der Waals surface area contributed by atoms with Crippen molar-refractivity contribution in [2.75, 3.05) is 0 Å². The average molecular weight is 680 g/mol. The van der Waals surface area contributed by atoms with Gasteiger partial charge < -0.3 is 0 Å². The van der Waals surface area contributed by atoms with Crippen LogP contribution in [0.4, 0.5) is 0 Å². The third kappa shape index (κ3) is 9.35. The maximum atomic E-state index is 3.44. The summed E-state index contributed by atoms with van der Waals surface area (Å²) >= 11 is 13.8. The molecular weight excluding hydrogens is 656 g/mol. The van der Waals surface area contributed by atoms with Crippen LogP contribution in [0.25, 0.3) is 0 Å². The highest BCUT2D eigenvalue weighted by Crippen LogP contribution is 2.16. The van der Waals surface area contributed by atoms with Crippen molar-refractivity contribution in [1.29, 1.82) is 0 Å². The molecule has 32 heavy (non-hydrogen) atoms. The standard InChI is InChI=1S/2C14H12Br2/c2*15-13-7-3-11(4-8-13)1-2-12-5-9-14(16)10-6-12/h2*3-10H,1-2H2. The van der Waals surface area contributed by atoms with Crippen LogP contribution in [0, 0.1) is 0 Å². The first-order valence-corrected chi connectivity index (χ1v) is 13.6. The fourth-order valence-corrected chi connectivity index (χ4v) is 4.24. The number of halogens is 4. The van der Waals surface area contributed by atoms with E-state index in [9.17, 15) is 0 Å². The molecule has 0 aliphatic rings. The van der Waals surface area contributed by atoms with E-state index in [0.717, 1.165) is 43.6 Å². The Bertz CT molecular complexity index is 886. The Balaban J connectivity index is 0.000000181. The average Bonchev–Trinajstić information content (AvgIpc) is 2.81. The molecule has 0 heterocycles. The minimum absolute atomic E-state index is 1.09. The van der Waals surface area contributed by atoms with Gasteiger partial charge in [0.2, 0.25) is 0 Å². The van der Waals surface area contributed by atoms with E-state index in [1.807, 2.05) is 0 Å². The normalized spacial score (nSPS) is 10.4. The van der Waals surface area contributed by atoms with Crippen LogP contribution < -0.4 is 0 Å². The largest absolute Gasteiger partial charge is 0.0579 e. The van der Waals surface area contributed by atoms with Crippen LogP contribution in [0.3, 0.4) is 0 Å². The van der Waals surface area contributed by atoms with Gasteiger partial charge in [-0.05, 0) is 96.5 Å². The summed E-state index contributed by atoms with van der Waals surface area (Å²) in [5.74, 6) is 0. The van der Waals surface area contributed by atoms with Gasteiger partial charge >= 0.3 is 0 Å². The first kappa shape index (κ1) is 25.4. The molecule has 0 spiro atoms. The van der Waals surface area contributed by atoms with Crippen LogP contribution in [0.5, 0.6) is 0 Å². The number of benzene rings is 4. The Kier molecular flexibility index (Phi) is 10.7. The Labute approximate surface area is 225 Å².